The van der Waals surface area contributed by atoms with E-state index in [1.54, 1.807) is 41.5 Å². The molecule has 3 aromatic heterocycles. The predicted octanol–water partition coefficient (Wildman–Crippen LogP) is 3.20. The summed E-state index contributed by atoms with van der Waals surface area (Å²) in [5.74, 6) is 1.29. The Kier molecular flexibility index (Phi) is 2.09. The predicted molar refractivity (Wildman–Crippen MR) is 60.5 cm³/mol. The Morgan fingerprint density at radius 1 is 1.06 bits per heavy atom. The van der Waals surface area contributed by atoms with Gasteiger partial charge in [0.25, 0.3) is 0 Å². The van der Waals surface area contributed by atoms with Crippen molar-refractivity contribution >= 4 is 0 Å². The first-order chi connectivity index (χ1) is 8.40. The Bertz CT molecular complexity index is 655. The average Bonchev–Trinajstić information content (AvgIpc) is 3.09. The molecule has 0 radical (unpaired) electrons. The third-order valence-corrected chi connectivity index (χ3v) is 2.50. The first-order valence-corrected chi connectivity index (χ1v) is 5.09. The highest BCUT2D eigenvalue weighted by Crippen LogP contribution is 2.28. The highest BCUT2D eigenvalue weighted by Gasteiger charge is 2.15. The topological polar surface area (TPSA) is 55.0 Å². The number of aromatic nitrogens is 1. The van der Waals surface area contributed by atoms with Crippen molar-refractivity contribution in [3.63, 3.8) is 0 Å². The molecule has 0 unspecified atom stereocenters. The molecule has 0 atom stereocenters. The molecule has 0 aromatic carbocycles. The lowest BCUT2D eigenvalue weighted by atomic mass is 10.2. The van der Waals surface area contributed by atoms with Gasteiger partial charge in [-0.05, 0) is 24.3 Å². The van der Waals surface area contributed by atoms with Crippen LogP contribution in [-0.4, -0.2) is 4.57 Å². The van der Waals surface area contributed by atoms with Crippen LogP contribution in [0.1, 0.15) is 5.56 Å². The summed E-state index contributed by atoms with van der Waals surface area (Å²) in [5, 5.41) is 9.09. The third-order valence-electron chi connectivity index (χ3n) is 2.50. The van der Waals surface area contributed by atoms with Crippen molar-refractivity contribution in [2.75, 3.05) is 0 Å². The van der Waals surface area contributed by atoms with Gasteiger partial charge < -0.3 is 8.83 Å². The zero-order chi connectivity index (χ0) is 11.7. The Hall–Kier alpha value is -2.67. The van der Waals surface area contributed by atoms with Gasteiger partial charge in [0.2, 0.25) is 5.88 Å². The van der Waals surface area contributed by atoms with Crippen LogP contribution >= 0.6 is 0 Å². The second kappa shape index (κ2) is 3.72. The molecule has 0 amide bonds. The van der Waals surface area contributed by atoms with E-state index in [-0.39, 0.29) is 0 Å². The molecule has 3 aromatic rings. The van der Waals surface area contributed by atoms with Gasteiger partial charge in [0.1, 0.15) is 11.8 Å². The maximum absolute atomic E-state index is 9.09. The van der Waals surface area contributed by atoms with Gasteiger partial charge in [-0.25, -0.2) is 0 Å². The minimum atomic E-state index is 0.552. The van der Waals surface area contributed by atoms with E-state index in [1.165, 1.54) is 0 Å². The summed E-state index contributed by atoms with van der Waals surface area (Å²) in [6, 6.07) is 11.1. The summed E-state index contributed by atoms with van der Waals surface area (Å²) in [5.41, 5.74) is 1.25. The van der Waals surface area contributed by atoms with Crippen LogP contribution in [-0.2, 0) is 0 Å². The molecule has 0 N–H and O–H groups in total. The maximum atomic E-state index is 9.09. The van der Waals surface area contributed by atoms with Gasteiger partial charge in [-0.1, -0.05) is 0 Å². The van der Waals surface area contributed by atoms with E-state index in [0.717, 1.165) is 0 Å². The highest BCUT2D eigenvalue weighted by molar-refractivity contribution is 5.65. The van der Waals surface area contributed by atoms with Gasteiger partial charge in [0.15, 0.2) is 5.76 Å². The van der Waals surface area contributed by atoms with E-state index in [0.29, 0.717) is 22.9 Å². The molecule has 3 rings (SSSR count). The van der Waals surface area contributed by atoms with Gasteiger partial charge in [-0.2, -0.15) is 5.26 Å². The average molecular weight is 224 g/mol. The van der Waals surface area contributed by atoms with Crippen LogP contribution in [0.3, 0.4) is 0 Å². The van der Waals surface area contributed by atoms with Gasteiger partial charge in [0.05, 0.1) is 18.1 Å². The molecule has 0 fully saturated rings. The first kappa shape index (κ1) is 9.55. The maximum Gasteiger partial charge on any atom is 0.203 e. The minimum Gasteiger partial charge on any atom is -0.463 e. The lowest BCUT2D eigenvalue weighted by Gasteiger charge is -2.03. The fourth-order valence-electron chi connectivity index (χ4n) is 1.78. The van der Waals surface area contributed by atoms with E-state index in [9.17, 15) is 0 Å². The van der Waals surface area contributed by atoms with Crippen molar-refractivity contribution < 1.29 is 8.83 Å². The van der Waals surface area contributed by atoms with Gasteiger partial charge in [-0.3, -0.25) is 4.57 Å². The monoisotopic (exact) mass is 224 g/mol. The van der Waals surface area contributed by atoms with Crippen molar-refractivity contribution in [3.05, 3.63) is 54.6 Å². The summed E-state index contributed by atoms with van der Waals surface area (Å²) in [7, 11) is 0. The fourth-order valence-corrected chi connectivity index (χ4v) is 1.78. The number of nitriles is 1. The third kappa shape index (κ3) is 1.45. The summed E-state index contributed by atoms with van der Waals surface area (Å²) in [6.07, 6.45) is 4.96. The zero-order valence-corrected chi connectivity index (χ0v) is 8.83. The highest BCUT2D eigenvalue weighted by atomic mass is 16.3. The van der Waals surface area contributed by atoms with Crippen LogP contribution in [0.15, 0.2) is 57.9 Å². The van der Waals surface area contributed by atoms with E-state index in [1.807, 2.05) is 12.1 Å². The largest absolute Gasteiger partial charge is 0.463 e. The van der Waals surface area contributed by atoms with Crippen LogP contribution in [0.4, 0.5) is 0 Å². The molecule has 0 bridgehead atoms. The molecule has 4 nitrogen and oxygen atoms in total. The molecule has 17 heavy (non-hydrogen) atoms. The van der Waals surface area contributed by atoms with Crippen molar-refractivity contribution in [1.82, 2.24) is 4.57 Å². The van der Waals surface area contributed by atoms with E-state index in [2.05, 4.69) is 6.07 Å². The summed E-state index contributed by atoms with van der Waals surface area (Å²) >= 11 is 0. The molecule has 0 aliphatic rings. The smallest absolute Gasteiger partial charge is 0.203 e. The standard InChI is InChI=1S/C13H8N2O2/c14-9-10-5-6-15(12-4-2-8-17-12)13(10)11-3-1-7-16-11/h1-8H. The molecule has 0 aliphatic heterocycles. The molecular weight excluding hydrogens is 216 g/mol. The quantitative estimate of drug-likeness (QED) is 0.671. The van der Waals surface area contributed by atoms with Gasteiger partial charge in [0, 0.05) is 12.3 Å². The Morgan fingerprint density at radius 2 is 1.88 bits per heavy atom. The summed E-state index contributed by atoms with van der Waals surface area (Å²) < 4.78 is 12.5. The molecule has 82 valence electrons. The van der Waals surface area contributed by atoms with Crippen molar-refractivity contribution in [1.29, 1.82) is 5.26 Å². The Balaban J connectivity index is 2.25. The number of rotatable bonds is 2. The van der Waals surface area contributed by atoms with Crippen LogP contribution in [0.25, 0.3) is 17.3 Å². The van der Waals surface area contributed by atoms with Crippen LogP contribution < -0.4 is 0 Å². The molecule has 4 heteroatoms. The van der Waals surface area contributed by atoms with E-state index < -0.39 is 0 Å². The van der Waals surface area contributed by atoms with Crippen LogP contribution in [0.5, 0.6) is 0 Å². The molecule has 0 spiro atoms. The zero-order valence-electron chi connectivity index (χ0n) is 8.83. The number of furan rings is 2. The molecule has 0 saturated carbocycles. The minimum absolute atomic E-state index is 0.552. The second-order valence-electron chi connectivity index (χ2n) is 3.49. The Labute approximate surface area is 97.3 Å². The number of hydrogen-bond donors (Lipinski definition) is 0. The number of hydrogen-bond acceptors (Lipinski definition) is 3. The first-order valence-electron chi connectivity index (χ1n) is 5.09. The summed E-state index contributed by atoms with van der Waals surface area (Å²) in [6.45, 7) is 0. The van der Waals surface area contributed by atoms with E-state index in [4.69, 9.17) is 14.1 Å². The molecule has 3 heterocycles. The number of nitrogens with zero attached hydrogens (tertiary/aromatic N) is 2. The fraction of sp³-hybridized carbons (Fsp3) is 0. The lowest BCUT2D eigenvalue weighted by molar-refractivity contribution is 0.534. The van der Waals surface area contributed by atoms with Crippen molar-refractivity contribution in [3.8, 4) is 23.4 Å². The SMILES string of the molecule is N#Cc1ccn(-c2ccco2)c1-c1ccco1. The Morgan fingerprint density at radius 3 is 2.53 bits per heavy atom. The van der Waals surface area contributed by atoms with E-state index >= 15 is 0 Å². The molecule has 0 saturated heterocycles. The normalized spacial score (nSPS) is 10.3. The molecule has 0 aliphatic carbocycles. The van der Waals surface area contributed by atoms with Gasteiger partial charge >= 0.3 is 0 Å². The summed E-state index contributed by atoms with van der Waals surface area (Å²) in [4.78, 5) is 0. The lowest BCUT2D eigenvalue weighted by Crippen LogP contribution is -1.93. The van der Waals surface area contributed by atoms with Crippen LogP contribution in [0, 0.1) is 11.3 Å². The van der Waals surface area contributed by atoms with Gasteiger partial charge in [-0.15, -0.1) is 0 Å². The van der Waals surface area contributed by atoms with Crippen LogP contribution in [0.2, 0.25) is 0 Å². The van der Waals surface area contributed by atoms with Crippen molar-refractivity contribution in [2.45, 2.75) is 0 Å². The second-order valence-corrected chi connectivity index (χ2v) is 3.49. The van der Waals surface area contributed by atoms with Crippen molar-refractivity contribution in [2.24, 2.45) is 0 Å². The molecular formula is C13H8N2O2.